The molecular weight excluding hydrogens is 1220 g/mol. The Morgan fingerprint density at radius 3 is 1.64 bits per heavy atom. The average Bonchev–Trinajstić information content (AvgIpc) is 1.79. The molecule has 0 saturated heterocycles. The van der Waals surface area contributed by atoms with Gasteiger partial charge in [0.1, 0.15) is 5.82 Å². The Balaban J connectivity index is 0.00000672. The zero-order valence-electron chi connectivity index (χ0n) is 49.6. The van der Waals surface area contributed by atoms with E-state index in [-0.39, 0.29) is 37.3 Å². The fourth-order valence-corrected chi connectivity index (χ4v) is 13.0. The molecule has 85 heavy (non-hydrogen) atoms. The Kier molecular flexibility index (Phi) is 13.7. The van der Waals surface area contributed by atoms with E-state index in [9.17, 15) is 0 Å². The molecule has 1 aliphatic carbocycles. The van der Waals surface area contributed by atoms with Crippen LogP contribution in [0.2, 0.25) is 0 Å². The number of benzene rings is 10. The molecule has 12 aromatic rings. The summed E-state index contributed by atoms with van der Waals surface area (Å²) in [4.78, 5) is 9.87. The summed E-state index contributed by atoms with van der Waals surface area (Å²) in [6.45, 7) is 22.7. The van der Waals surface area contributed by atoms with E-state index >= 15 is 0 Å². The van der Waals surface area contributed by atoms with E-state index in [2.05, 4.69) is 320 Å². The largest absolute Gasteiger partial charge is 0.509 e. The number of pyridine rings is 1. The molecule has 0 atom stereocenters. The van der Waals surface area contributed by atoms with Crippen LogP contribution in [-0.4, -0.2) is 9.55 Å². The summed E-state index contributed by atoms with van der Waals surface area (Å²) < 4.78 is 9.50. The molecule has 2 aliphatic rings. The molecule has 6 heteroatoms. The van der Waals surface area contributed by atoms with Crippen molar-refractivity contribution in [3.05, 3.63) is 294 Å². The maximum Gasteiger partial charge on any atom is 0.135 e. The van der Waals surface area contributed by atoms with Crippen LogP contribution in [0.5, 0.6) is 11.5 Å². The second kappa shape index (κ2) is 21.1. The van der Waals surface area contributed by atoms with E-state index in [1.165, 1.54) is 38.9 Å². The first-order valence-corrected chi connectivity index (χ1v) is 29.3. The van der Waals surface area contributed by atoms with Gasteiger partial charge in [0.15, 0.2) is 0 Å². The van der Waals surface area contributed by atoms with E-state index in [4.69, 9.17) is 9.72 Å². The van der Waals surface area contributed by atoms with E-state index in [1.54, 1.807) is 0 Å². The predicted octanol–water partition coefficient (Wildman–Crippen LogP) is 20.6. The van der Waals surface area contributed by atoms with Crippen molar-refractivity contribution in [2.75, 3.05) is 9.80 Å². The summed E-state index contributed by atoms with van der Waals surface area (Å²) in [6.07, 6.45) is 1.99. The van der Waals surface area contributed by atoms with Gasteiger partial charge in [0.25, 0.3) is 0 Å². The van der Waals surface area contributed by atoms with Gasteiger partial charge < -0.3 is 19.1 Å². The van der Waals surface area contributed by atoms with Crippen LogP contribution in [0.25, 0.3) is 61.0 Å². The number of nitrogens with zero attached hydrogens (tertiary/aromatic N) is 4. The maximum absolute atomic E-state index is 7.22. The van der Waals surface area contributed by atoms with E-state index in [0.29, 0.717) is 11.5 Å². The normalized spacial score (nSPS) is 13.6. The first-order chi connectivity index (χ1) is 40.6. The zero-order chi connectivity index (χ0) is 57.7. The van der Waals surface area contributed by atoms with Crippen molar-refractivity contribution in [3.63, 3.8) is 0 Å². The van der Waals surface area contributed by atoms with Crippen LogP contribution in [0.3, 0.4) is 0 Å². The second-order valence-electron chi connectivity index (χ2n) is 25.7. The molecular formula is C79H67N4OPt-3. The van der Waals surface area contributed by atoms with Crippen LogP contribution in [0.4, 0.5) is 22.7 Å². The fourth-order valence-electron chi connectivity index (χ4n) is 13.0. The van der Waals surface area contributed by atoms with Gasteiger partial charge in [-0.15, -0.1) is 47.6 Å². The molecule has 3 heterocycles. The number of fused-ring (bicyclic) bond motifs is 7. The topological polar surface area (TPSA) is 33.5 Å². The van der Waals surface area contributed by atoms with E-state index in [1.807, 2.05) is 12.3 Å². The number of ether oxygens (including phenoxy) is 1. The van der Waals surface area contributed by atoms with Crippen molar-refractivity contribution in [3.8, 4) is 50.7 Å². The second-order valence-corrected chi connectivity index (χ2v) is 25.7. The van der Waals surface area contributed by atoms with Crippen molar-refractivity contribution in [2.45, 2.75) is 84.0 Å². The zero-order valence-corrected chi connectivity index (χ0v) is 51.9. The van der Waals surface area contributed by atoms with Gasteiger partial charge in [-0.25, -0.2) is 4.98 Å². The SMILES string of the molecule is CC(C)(C)c1ccc(C2(c3ccnc(-n4c5[c-]c(Oc6[c-]c(N7[CH-]N(c8c(-c9ccccc9)cc(C(C)(C)C)cc8-c8ccccc8)c8ccccc87)ccc6)c(C(C)(C)C)cc5c5ccccc54)c3)c3ccccc3-c3ccccc32)cc1.[Pt]. The van der Waals surface area contributed by atoms with Crippen molar-refractivity contribution in [2.24, 2.45) is 0 Å². The molecule has 0 N–H and O–H groups in total. The van der Waals surface area contributed by atoms with Gasteiger partial charge in [-0.3, -0.25) is 0 Å². The molecule has 2 aromatic heterocycles. The van der Waals surface area contributed by atoms with Crippen LogP contribution >= 0.6 is 0 Å². The van der Waals surface area contributed by atoms with E-state index < -0.39 is 5.41 Å². The molecule has 5 nitrogen and oxygen atoms in total. The number of hydrogen-bond acceptors (Lipinski definition) is 4. The van der Waals surface area contributed by atoms with Crippen molar-refractivity contribution in [1.29, 1.82) is 0 Å². The minimum absolute atomic E-state index is 0. The van der Waals surface area contributed by atoms with Crippen LogP contribution in [-0.2, 0) is 42.7 Å². The molecule has 14 rings (SSSR count). The molecule has 422 valence electrons. The van der Waals surface area contributed by atoms with Crippen molar-refractivity contribution >= 4 is 44.6 Å². The quantitative estimate of drug-likeness (QED) is 0.135. The fraction of sp³-hybridized carbons (Fsp3) is 0.165. The Morgan fingerprint density at radius 1 is 0.459 bits per heavy atom. The monoisotopic (exact) mass is 1280 g/mol. The number of anilines is 4. The minimum atomic E-state index is -0.617. The van der Waals surface area contributed by atoms with E-state index in [0.717, 1.165) is 83.8 Å². The standard InChI is InChI=1S/C79H67N4O.Pt/c1-76(2,3)54-39-41-55(42-40-54)79(66-34-19-16-31-60(66)61-32-17-20-35-67(61)79)56-43-44-80-74(47-56)83-69-36-21-18-33-62(69)65-49-68(78(7,8)9)73(50-72(65)83)84-59-30-24-29-58(48-59)81-51-82(71-38-23-22-37-70(71)81)75-63(52-25-12-10-13-26-52)45-57(77(4,5)6)46-64(75)53-27-14-11-15-28-53;/h10-47,49,51H,1-9H3;/q-3;. The van der Waals surface area contributed by atoms with Crippen LogP contribution in [0.15, 0.2) is 237 Å². The summed E-state index contributed by atoms with van der Waals surface area (Å²) in [7, 11) is 0. The molecule has 1 aliphatic heterocycles. The third kappa shape index (κ3) is 9.40. The van der Waals surface area contributed by atoms with Gasteiger partial charge >= 0.3 is 0 Å². The molecule has 0 spiro atoms. The molecule has 0 radical (unpaired) electrons. The van der Waals surface area contributed by atoms with Gasteiger partial charge in [-0.05, 0) is 114 Å². The molecule has 0 saturated carbocycles. The van der Waals surface area contributed by atoms with Gasteiger partial charge in [0, 0.05) is 72.5 Å². The van der Waals surface area contributed by atoms with Crippen LogP contribution < -0.4 is 14.5 Å². The molecule has 10 aromatic carbocycles. The van der Waals surface area contributed by atoms with Gasteiger partial charge in [-0.2, -0.15) is 12.1 Å². The van der Waals surface area contributed by atoms with Crippen molar-refractivity contribution in [1.82, 2.24) is 9.55 Å². The molecule has 0 unspecified atom stereocenters. The number of aromatic nitrogens is 2. The molecule has 0 fully saturated rings. The summed E-state index contributed by atoms with van der Waals surface area (Å²) >= 11 is 0. The summed E-state index contributed by atoms with van der Waals surface area (Å²) in [5.74, 6) is 2.03. The predicted molar refractivity (Wildman–Crippen MR) is 349 cm³/mol. The first kappa shape index (κ1) is 55.4. The first-order valence-electron chi connectivity index (χ1n) is 29.3. The van der Waals surface area contributed by atoms with Gasteiger partial charge in [0.05, 0.1) is 5.41 Å². The molecule has 0 bridgehead atoms. The van der Waals surface area contributed by atoms with Gasteiger partial charge in [0.2, 0.25) is 0 Å². The van der Waals surface area contributed by atoms with Crippen molar-refractivity contribution < 1.29 is 25.8 Å². The number of para-hydroxylation sites is 3. The Hall–Kier alpha value is -8.76. The number of rotatable bonds is 9. The Morgan fingerprint density at radius 2 is 1.02 bits per heavy atom. The summed E-state index contributed by atoms with van der Waals surface area (Å²) in [6, 6.07) is 91.6. The van der Waals surface area contributed by atoms with Crippen LogP contribution in [0.1, 0.15) is 101 Å². The smallest absolute Gasteiger partial charge is 0.135 e. The Bertz CT molecular complexity index is 4400. The summed E-state index contributed by atoms with van der Waals surface area (Å²) in [5.41, 5.74) is 20.6. The Labute approximate surface area is 515 Å². The van der Waals surface area contributed by atoms with Gasteiger partial charge in [-0.1, -0.05) is 237 Å². The third-order valence-corrected chi connectivity index (χ3v) is 17.3. The molecule has 0 amide bonds. The maximum atomic E-state index is 7.22. The van der Waals surface area contributed by atoms with Crippen LogP contribution in [0, 0.1) is 18.8 Å². The summed E-state index contributed by atoms with van der Waals surface area (Å²) in [5, 5.41) is 2.21. The third-order valence-electron chi connectivity index (χ3n) is 17.3. The minimum Gasteiger partial charge on any atom is -0.509 e. The average molecular weight is 1280 g/mol. The number of hydrogen-bond donors (Lipinski definition) is 0.